The number of epoxide rings is 1. The van der Waals surface area contributed by atoms with Crippen LogP contribution in [0.4, 0.5) is 0 Å². The number of carbonyl (C=O) groups is 1. The van der Waals surface area contributed by atoms with Gasteiger partial charge < -0.3 is 9.47 Å². The molecule has 1 saturated carbocycles. The highest BCUT2D eigenvalue weighted by Gasteiger charge is 2.31. The Morgan fingerprint density at radius 2 is 1.79 bits per heavy atom. The van der Waals surface area contributed by atoms with Gasteiger partial charge in [-0.2, -0.15) is 0 Å². The standard InChI is InChI=1S/C16H28O3/c1-4-16(2,3)15(17)19-10-13-7-5-12(6-8-13)9-14-11-18-14/h12-14H,4-11H2,1-3H3. The molecule has 1 saturated heterocycles. The number of esters is 1. The quantitative estimate of drug-likeness (QED) is 0.546. The first-order valence-corrected chi connectivity index (χ1v) is 7.80. The molecule has 0 spiro atoms. The van der Waals surface area contributed by atoms with Crippen molar-refractivity contribution >= 4 is 5.97 Å². The van der Waals surface area contributed by atoms with E-state index in [1.54, 1.807) is 0 Å². The van der Waals surface area contributed by atoms with Crippen LogP contribution >= 0.6 is 0 Å². The first kappa shape index (κ1) is 14.8. The first-order valence-electron chi connectivity index (χ1n) is 7.80. The molecular formula is C16H28O3. The number of ether oxygens (including phenoxy) is 2. The molecular weight excluding hydrogens is 240 g/mol. The minimum Gasteiger partial charge on any atom is -0.465 e. The summed E-state index contributed by atoms with van der Waals surface area (Å²) in [6.07, 6.45) is 7.60. The molecule has 1 heterocycles. The van der Waals surface area contributed by atoms with Gasteiger partial charge in [0.05, 0.1) is 24.7 Å². The van der Waals surface area contributed by atoms with Crippen molar-refractivity contribution in [1.29, 1.82) is 0 Å². The number of hydrogen-bond donors (Lipinski definition) is 0. The Balaban J connectivity index is 1.63. The van der Waals surface area contributed by atoms with Gasteiger partial charge in [0, 0.05) is 0 Å². The average Bonchev–Trinajstić information content (AvgIpc) is 3.21. The maximum atomic E-state index is 11.9. The average molecular weight is 268 g/mol. The Bertz CT molecular complexity index is 299. The molecule has 3 nitrogen and oxygen atoms in total. The third-order valence-corrected chi connectivity index (χ3v) is 4.85. The lowest BCUT2D eigenvalue weighted by Gasteiger charge is -2.29. The van der Waals surface area contributed by atoms with Gasteiger partial charge in [-0.3, -0.25) is 4.79 Å². The minimum atomic E-state index is -0.333. The molecule has 1 aliphatic carbocycles. The summed E-state index contributed by atoms with van der Waals surface area (Å²) in [7, 11) is 0. The zero-order valence-electron chi connectivity index (χ0n) is 12.6. The fourth-order valence-corrected chi connectivity index (χ4v) is 2.74. The highest BCUT2D eigenvalue weighted by Crippen LogP contribution is 2.34. The lowest BCUT2D eigenvalue weighted by molar-refractivity contribution is -0.156. The van der Waals surface area contributed by atoms with E-state index in [2.05, 4.69) is 0 Å². The van der Waals surface area contributed by atoms with Gasteiger partial charge in [-0.1, -0.05) is 6.92 Å². The second-order valence-electron chi connectivity index (χ2n) is 6.91. The van der Waals surface area contributed by atoms with Gasteiger partial charge >= 0.3 is 5.97 Å². The van der Waals surface area contributed by atoms with E-state index < -0.39 is 0 Å². The number of rotatable bonds is 6. The molecule has 1 unspecified atom stereocenters. The molecule has 2 aliphatic rings. The number of carbonyl (C=O) groups excluding carboxylic acids is 1. The van der Waals surface area contributed by atoms with E-state index in [0.29, 0.717) is 18.6 Å². The predicted octanol–water partition coefficient (Wildman–Crippen LogP) is 3.56. The Labute approximate surface area is 117 Å². The Morgan fingerprint density at radius 3 is 2.32 bits per heavy atom. The molecule has 1 aliphatic heterocycles. The van der Waals surface area contributed by atoms with Gasteiger partial charge in [0.1, 0.15) is 0 Å². The van der Waals surface area contributed by atoms with E-state index in [4.69, 9.17) is 9.47 Å². The zero-order chi connectivity index (χ0) is 13.9. The fourth-order valence-electron chi connectivity index (χ4n) is 2.74. The minimum absolute atomic E-state index is 0.0384. The summed E-state index contributed by atoms with van der Waals surface area (Å²) in [5, 5.41) is 0. The van der Waals surface area contributed by atoms with Crippen molar-refractivity contribution in [3.8, 4) is 0 Å². The Hall–Kier alpha value is -0.570. The van der Waals surface area contributed by atoms with Crippen molar-refractivity contribution in [2.75, 3.05) is 13.2 Å². The van der Waals surface area contributed by atoms with Gasteiger partial charge in [-0.15, -0.1) is 0 Å². The van der Waals surface area contributed by atoms with Crippen molar-refractivity contribution in [3.63, 3.8) is 0 Å². The molecule has 110 valence electrons. The second-order valence-corrected chi connectivity index (χ2v) is 6.91. The van der Waals surface area contributed by atoms with E-state index in [0.717, 1.165) is 18.9 Å². The van der Waals surface area contributed by atoms with Crippen LogP contribution in [-0.2, 0) is 14.3 Å². The lowest BCUT2D eigenvalue weighted by atomic mass is 9.80. The summed E-state index contributed by atoms with van der Waals surface area (Å²) in [4.78, 5) is 11.9. The van der Waals surface area contributed by atoms with E-state index in [-0.39, 0.29) is 11.4 Å². The molecule has 0 N–H and O–H groups in total. The van der Waals surface area contributed by atoms with E-state index in [1.165, 1.54) is 32.1 Å². The van der Waals surface area contributed by atoms with Crippen LogP contribution in [0.1, 0.15) is 59.3 Å². The highest BCUT2D eigenvalue weighted by atomic mass is 16.6. The largest absolute Gasteiger partial charge is 0.465 e. The summed E-state index contributed by atoms with van der Waals surface area (Å²) in [6.45, 7) is 7.55. The molecule has 2 rings (SSSR count). The summed E-state index contributed by atoms with van der Waals surface area (Å²) in [6, 6.07) is 0. The van der Waals surface area contributed by atoms with Crippen LogP contribution in [-0.4, -0.2) is 25.3 Å². The summed E-state index contributed by atoms with van der Waals surface area (Å²) in [5.41, 5.74) is -0.333. The van der Waals surface area contributed by atoms with E-state index >= 15 is 0 Å². The molecule has 0 aromatic carbocycles. The Kier molecular flexibility index (Phi) is 4.88. The summed E-state index contributed by atoms with van der Waals surface area (Å²) < 4.78 is 10.8. The van der Waals surface area contributed by atoms with Crippen molar-refractivity contribution in [3.05, 3.63) is 0 Å². The second kappa shape index (κ2) is 6.25. The van der Waals surface area contributed by atoms with Gasteiger partial charge in [0.25, 0.3) is 0 Å². The van der Waals surface area contributed by atoms with Crippen LogP contribution in [0.3, 0.4) is 0 Å². The molecule has 0 bridgehead atoms. The van der Waals surface area contributed by atoms with Gasteiger partial charge in [0.2, 0.25) is 0 Å². The predicted molar refractivity (Wildman–Crippen MR) is 74.8 cm³/mol. The molecule has 1 atom stereocenters. The van der Waals surface area contributed by atoms with Crippen LogP contribution < -0.4 is 0 Å². The molecule has 0 amide bonds. The molecule has 2 fully saturated rings. The maximum Gasteiger partial charge on any atom is 0.311 e. The molecule has 0 aromatic rings. The normalized spacial score (nSPS) is 31.0. The molecule has 3 heteroatoms. The lowest BCUT2D eigenvalue weighted by Crippen LogP contribution is -2.29. The van der Waals surface area contributed by atoms with Gasteiger partial charge in [-0.25, -0.2) is 0 Å². The summed E-state index contributed by atoms with van der Waals surface area (Å²) in [5.74, 6) is 1.38. The van der Waals surface area contributed by atoms with Crippen LogP contribution in [0.2, 0.25) is 0 Å². The summed E-state index contributed by atoms with van der Waals surface area (Å²) >= 11 is 0. The fraction of sp³-hybridized carbons (Fsp3) is 0.938. The van der Waals surface area contributed by atoms with Crippen molar-refractivity contribution in [2.45, 2.75) is 65.4 Å². The van der Waals surface area contributed by atoms with Gasteiger partial charge in [-0.05, 0) is 64.2 Å². The zero-order valence-corrected chi connectivity index (χ0v) is 12.6. The maximum absolute atomic E-state index is 11.9. The van der Waals surface area contributed by atoms with Crippen molar-refractivity contribution < 1.29 is 14.3 Å². The SMILES string of the molecule is CCC(C)(C)C(=O)OCC1CCC(CC2CO2)CC1. The van der Waals surface area contributed by atoms with E-state index in [9.17, 15) is 4.79 Å². The first-order chi connectivity index (χ1) is 9.01. The third kappa shape index (κ3) is 4.48. The molecule has 0 aromatic heterocycles. The van der Waals surface area contributed by atoms with Crippen molar-refractivity contribution in [1.82, 2.24) is 0 Å². The van der Waals surface area contributed by atoms with E-state index in [1.807, 2.05) is 20.8 Å². The van der Waals surface area contributed by atoms with Crippen LogP contribution in [0.15, 0.2) is 0 Å². The smallest absolute Gasteiger partial charge is 0.311 e. The van der Waals surface area contributed by atoms with Crippen LogP contribution in [0.25, 0.3) is 0 Å². The van der Waals surface area contributed by atoms with Crippen LogP contribution in [0.5, 0.6) is 0 Å². The van der Waals surface area contributed by atoms with Crippen molar-refractivity contribution in [2.24, 2.45) is 17.3 Å². The highest BCUT2D eigenvalue weighted by molar-refractivity contribution is 5.75. The topological polar surface area (TPSA) is 38.8 Å². The molecule has 0 radical (unpaired) electrons. The Morgan fingerprint density at radius 1 is 1.21 bits per heavy atom. The third-order valence-electron chi connectivity index (χ3n) is 4.85. The molecule has 19 heavy (non-hydrogen) atoms. The number of hydrogen-bond acceptors (Lipinski definition) is 3. The monoisotopic (exact) mass is 268 g/mol. The van der Waals surface area contributed by atoms with Gasteiger partial charge in [0.15, 0.2) is 0 Å². The van der Waals surface area contributed by atoms with Crippen LogP contribution in [0, 0.1) is 17.3 Å².